The van der Waals surface area contributed by atoms with E-state index in [9.17, 15) is 10.5 Å². The summed E-state index contributed by atoms with van der Waals surface area (Å²) >= 11 is 0. The van der Waals surface area contributed by atoms with Gasteiger partial charge in [0.25, 0.3) is 11.8 Å². The Morgan fingerprint density at radius 3 is 1.30 bits per heavy atom. The molecular formula is C58H34N4O2. The topological polar surface area (TPSA) is 89.9 Å². The van der Waals surface area contributed by atoms with Crippen LogP contribution in [0.1, 0.15) is 31.8 Å². The normalized spacial score (nSPS) is 12.1. The quantitative estimate of drug-likeness (QED) is 0.150. The summed E-state index contributed by atoms with van der Waals surface area (Å²) in [6, 6.07) is 71.4. The number of anilines is 1. The van der Waals surface area contributed by atoms with Crippen LogP contribution in [-0.2, 0) is 0 Å². The number of rotatable bonds is 7. The predicted octanol–water partition coefficient (Wildman–Crippen LogP) is 13.7. The number of hydrogen-bond acceptors (Lipinski definition) is 4. The minimum Gasteiger partial charge on any atom is -0.307 e. The summed E-state index contributed by atoms with van der Waals surface area (Å²) in [7, 11) is 0. The average Bonchev–Trinajstić information content (AvgIpc) is 3.84. The van der Waals surface area contributed by atoms with Gasteiger partial charge < -0.3 is 4.57 Å². The highest BCUT2D eigenvalue weighted by Gasteiger charge is 2.42. The summed E-state index contributed by atoms with van der Waals surface area (Å²) in [4.78, 5) is 32.5. The van der Waals surface area contributed by atoms with Gasteiger partial charge in [-0.15, -0.1) is 0 Å². The van der Waals surface area contributed by atoms with Gasteiger partial charge in [0.05, 0.1) is 56.8 Å². The smallest absolute Gasteiger partial charge is 0.268 e. The van der Waals surface area contributed by atoms with Crippen molar-refractivity contribution in [1.82, 2.24) is 4.57 Å². The lowest BCUT2D eigenvalue weighted by atomic mass is 9.90. The van der Waals surface area contributed by atoms with Gasteiger partial charge in [0.1, 0.15) is 0 Å². The summed E-state index contributed by atoms with van der Waals surface area (Å²) in [5, 5.41) is 21.8. The van der Waals surface area contributed by atoms with Gasteiger partial charge in [-0.2, -0.15) is 10.5 Å². The lowest BCUT2D eigenvalue weighted by molar-refractivity contribution is 0.0926. The maximum absolute atomic E-state index is 15.8. The van der Waals surface area contributed by atoms with Crippen LogP contribution >= 0.6 is 0 Å². The van der Waals surface area contributed by atoms with Gasteiger partial charge in [-0.1, -0.05) is 158 Å². The zero-order chi connectivity index (χ0) is 43.3. The van der Waals surface area contributed by atoms with Crippen LogP contribution in [0.2, 0.25) is 0 Å². The lowest BCUT2D eigenvalue weighted by Crippen LogP contribution is -2.30. The van der Waals surface area contributed by atoms with Crippen LogP contribution in [0.3, 0.4) is 0 Å². The number of nitriles is 2. The zero-order valence-corrected chi connectivity index (χ0v) is 34.2. The summed E-state index contributed by atoms with van der Waals surface area (Å²) < 4.78 is 2.11. The first kappa shape index (κ1) is 37.9. The van der Waals surface area contributed by atoms with Gasteiger partial charge in [0, 0.05) is 33.0 Å². The molecule has 298 valence electrons. The fourth-order valence-electron chi connectivity index (χ4n) is 9.34. The highest BCUT2D eigenvalue weighted by molar-refractivity contribution is 6.37. The predicted molar refractivity (Wildman–Crippen MR) is 255 cm³/mol. The molecule has 0 bridgehead atoms. The Balaban J connectivity index is 1.22. The number of amides is 2. The standard InChI is InChI=1S/C58H34N4O2/c59-35-37-15-10-23-42(31-37)45-25-12-27-47-48-28-13-26-46(43-24-11-16-38(32-43)36-60)55(48)61(54(45)47)52-30-14-29-49-53(52)58(64)62(57(49)63)56-50(40-19-6-2-7-20-40)33-44(39-17-4-1-5-18-39)34-51(56)41-21-8-3-9-22-41/h1-34H. The van der Waals surface area contributed by atoms with Crippen LogP contribution in [0.15, 0.2) is 206 Å². The fraction of sp³-hybridized carbons (Fsp3) is 0. The lowest BCUT2D eigenvalue weighted by Gasteiger charge is -2.24. The van der Waals surface area contributed by atoms with Crippen molar-refractivity contribution in [3.8, 4) is 73.5 Å². The largest absolute Gasteiger partial charge is 0.307 e. The van der Waals surface area contributed by atoms with Gasteiger partial charge in [-0.05, 0) is 81.9 Å². The van der Waals surface area contributed by atoms with E-state index in [0.29, 0.717) is 22.5 Å². The van der Waals surface area contributed by atoms with E-state index in [0.717, 1.165) is 77.4 Å². The first-order valence-electron chi connectivity index (χ1n) is 21.0. The molecule has 6 heteroatoms. The van der Waals surface area contributed by atoms with Crippen LogP contribution < -0.4 is 4.90 Å². The summed E-state index contributed by atoms with van der Waals surface area (Å²) in [5.41, 5.74) is 12.8. The summed E-state index contributed by atoms with van der Waals surface area (Å²) in [6.07, 6.45) is 0. The third-order valence-electron chi connectivity index (χ3n) is 12.2. The molecule has 0 spiro atoms. The van der Waals surface area contributed by atoms with Crippen molar-refractivity contribution in [2.75, 3.05) is 4.90 Å². The SMILES string of the molecule is N#Cc1cccc(-c2cccc3c4cccc(-c5cccc(C#N)c5)c4n(-c4cccc5c4C(=O)N(c4c(-c6ccccc6)cc(-c6ccccc6)cc4-c4ccccc4)C5=O)c23)c1. The molecule has 0 saturated heterocycles. The number of para-hydroxylation sites is 2. The highest BCUT2D eigenvalue weighted by Crippen LogP contribution is 2.48. The maximum atomic E-state index is 15.8. The molecule has 1 aliphatic heterocycles. The molecule has 64 heavy (non-hydrogen) atoms. The molecule has 0 radical (unpaired) electrons. The van der Waals surface area contributed by atoms with Crippen LogP contribution in [0.25, 0.3) is 83.1 Å². The number of carbonyl (C=O) groups is 2. The molecule has 6 nitrogen and oxygen atoms in total. The van der Waals surface area contributed by atoms with Gasteiger partial charge >= 0.3 is 0 Å². The second-order valence-corrected chi connectivity index (χ2v) is 15.8. The van der Waals surface area contributed by atoms with E-state index in [1.807, 2.05) is 152 Å². The highest BCUT2D eigenvalue weighted by atomic mass is 16.2. The van der Waals surface area contributed by atoms with Gasteiger partial charge in [0.2, 0.25) is 0 Å². The number of nitrogens with zero attached hydrogens (tertiary/aromatic N) is 4. The molecule has 11 rings (SSSR count). The van der Waals surface area contributed by atoms with Crippen molar-refractivity contribution in [3.05, 3.63) is 229 Å². The molecule has 10 aromatic rings. The van der Waals surface area contributed by atoms with Gasteiger partial charge in [-0.25, -0.2) is 4.90 Å². The average molecular weight is 819 g/mol. The minimum absolute atomic E-state index is 0.276. The van der Waals surface area contributed by atoms with E-state index in [-0.39, 0.29) is 11.1 Å². The second kappa shape index (κ2) is 15.4. The molecule has 0 unspecified atom stereocenters. The molecule has 9 aromatic carbocycles. The Kier molecular flexibility index (Phi) is 9.12. The Hall–Kier alpha value is -9.10. The number of carbonyl (C=O) groups excluding carboxylic acids is 2. The molecular weight excluding hydrogens is 785 g/mol. The van der Waals surface area contributed by atoms with Gasteiger partial charge in [-0.3, -0.25) is 9.59 Å². The molecule has 1 aromatic heterocycles. The van der Waals surface area contributed by atoms with Crippen LogP contribution in [0.5, 0.6) is 0 Å². The Morgan fingerprint density at radius 2 is 0.797 bits per heavy atom. The molecule has 0 N–H and O–H groups in total. The first-order valence-corrected chi connectivity index (χ1v) is 21.0. The molecule has 0 saturated carbocycles. The number of fused-ring (bicyclic) bond motifs is 4. The Bertz CT molecular complexity index is 3440. The number of hydrogen-bond donors (Lipinski definition) is 0. The van der Waals surface area contributed by atoms with Crippen LogP contribution in [0, 0.1) is 22.7 Å². The Morgan fingerprint density at radius 1 is 0.359 bits per heavy atom. The van der Waals surface area contributed by atoms with Crippen molar-refractivity contribution in [2.45, 2.75) is 0 Å². The fourth-order valence-corrected chi connectivity index (χ4v) is 9.34. The Labute approximate surface area is 369 Å². The maximum Gasteiger partial charge on any atom is 0.268 e. The van der Waals surface area contributed by atoms with Crippen molar-refractivity contribution in [2.24, 2.45) is 0 Å². The van der Waals surface area contributed by atoms with E-state index in [2.05, 4.69) is 53.1 Å². The van der Waals surface area contributed by atoms with E-state index in [1.54, 1.807) is 18.2 Å². The zero-order valence-electron chi connectivity index (χ0n) is 34.2. The van der Waals surface area contributed by atoms with Crippen LogP contribution in [0.4, 0.5) is 5.69 Å². The van der Waals surface area contributed by atoms with Crippen molar-refractivity contribution in [1.29, 1.82) is 10.5 Å². The second-order valence-electron chi connectivity index (χ2n) is 15.8. The summed E-state index contributed by atoms with van der Waals surface area (Å²) in [6.45, 7) is 0. The number of benzene rings is 9. The summed E-state index contributed by atoms with van der Waals surface area (Å²) in [5.74, 6) is -0.867. The monoisotopic (exact) mass is 818 g/mol. The number of aromatic nitrogens is 1. The first-order chi connectivity index (χ1) is 31.5. The molecule has 0 atom stereocenters. The van der Waals surface area contributed by atoms with E-state index in [4.69, 9.17) is 0 Å². The molecule has 2 heterocycles. The molecule has 2 amide bonds. The minimum atomic E-state index is -0.444. The van der Waals surface area contributed by atoms with E-state index in [1.165, 1.54) is 4.90 Å². The van der Waals surface area contributed by atoms with Gasteiger partial charge in [0.15, 0.2) is 0 Å². The third-order valence-corrected chi connectivity index (χ3v) is 12.2. The number of imide groups is 1. The third kappa shape index (κ3) is 6.10. The van der Waals surface area contributed by atoms with Crippen molar-refractivity contribution in [3.63, 3.8) is 0 Å². The van der Waals surface area contributed by atoms with Crippen LogP contribution in [-0.4, -0.2) is 16.4 Å². The van der Waals surface area contributed by atoms with E-state index >= 15 is 9.59 Å². The van der Waals surface area contributed by atoms with Crippen molar-refractivity contribution < 1.29 is 9.59 Å². The molecule has 0 fully saturated rings. The molecule has 0 aliphatic carbocycles. The molecule has 1 aliphatic rings. The van der Waals surface area contributed by atoms with E-state index < -0.39 is 11.8 Å². The van der Waals surface area contributed by atoms with Crippen molar-refractivity contribution >= 4 is 39.3 Å².